The summed E-state index contributed by atoms with van der Waals surface area (Å²) in [5.74, 6) is 4.95. The van der Waals surface area contributed by atoms with Crippen LogP contribution >= 0.6 is 0 Å². The molecule has 1 N–H and O–H groups in total. The van der Waals surface area contributed by atoms with Crippen molar-refractivity contribution in [2.45, 2.75) is 70.3 Å². The van der Waals surface area contributed by atoms with Crippen LogP contribution in [0.2, 0.25) is 0 Å². The molecule has 2 fully saturated rings. The smallest absolute Gasteiger partial charge is 0.156 e. The molecule has 2 saturated carbocycles. The average Bonchev–Trinajstić information content (AvgIpc) is 3.08. The summed E-state index contributed by atoms with van der Waals surface area (Å²) >= 11 is 0. The van der Waals surface area contributed by atoms with Crippen LogP contribution in [0.3, 0.4) is 0 Å². The van der Waals surface area contributed by atoms with Crippen LogP contribution in [0.4, 0.5) is 5.69 Å². The highest BCUT2D eigenvalue weighted by atomic mass is 16.3. The molecule has 5 rings (SSSR count). The fourth-order valence-corrected chi connectivity index (χ4v) is 6.83. The van der Waals surface area contributed by atoms with Gasteiger partial charge in [0.2, 0.25) is 0 Å². The number of nitrogens with zero attached hydrogens (tertiary/aromatic N) is 1. The van der Waals surface area contributed by atoms with E-state index < -0.39 is 29.1 Å². The van der Waals surface area contributed by atoms with Gasteiger partial charge < -0.3 is 10.0 Å². The Bertz CT molecular complexity index is 1340. The monoisotopic (exact) mass is 435 g/mol. The van der Waals surface area contributed by atoms with Gasteiger partial charge in [-0.3, -0.25) is 4.79 Å². The molecule has 1 aromatic rings. The zero-order valence-corrected chi connectivity index (χ0v) is 19.4. The fraction of sp³-hybridized carbons (Fsp3) is 0.552. The number of ketones is 1. The molecule has 3 heteroatoms. The molecule has 32 heavy (non-hydrogen) atoms. The first-order valence-corrected chi connectivity index (χ1v) is 11.6. The molecule has 0 spiro atoms. The second-order valence-corrected chi connectivity index (χ2v) is 10.2. The predicted molar refractivity (Wildman–Crippen MR) is 129 cm³/mol. The number of carbonyl (C=O) groups excluding carboxylic acids is 1. The van der Waals surface area contributed by atoms with Crippen LogP contribution in [-0.2, 0) is 4.79 Å². The van der Waals surface area contributed by atoms with E-state index in [1.54, 1.807) is 25.9 Å². The topological polar surface area (TPSA) is 40.5 Å². The summed E-state index contributed by atoms with van der Waals surface area (Å²) < 4.78 is 52.3. The SMILES string of the molecule is [2H]c1c([2H])c(N(C)C)c([2H])c([2H])c1[C@H]1C[C@@]2(C)[C@@H](CC[C@@]2(O)C#CC)[C@@H]2CCC3=CC(=O)C([2H])([2H])CC3=C21. The third kappa shape index (κ3) is 3.11. The Balaban J connectivity index is 1.82. The Morgan fingerprint density at radius 3 is 2.66 bits per heavy atom. The number of allylic oxidation sites excluding steroid dienone is 4. The van der Waals surface area contributed by atoms with Gasteiger partial charge in [0.05, 0.1) is 5.48 Å². The number of rotatable bonds is 2. The number of carbonyl (C=O) groups is 1. The van der Waals surface area contributed by atoms with Gasteiger partial charge in [-0.05, 0) is 92.2 Å². The molecule has 0 radical (unpaired) electrons. The number of hydrogen-bond acceptors (Lipinski definition) is 3. The zero-order chi connectivity index (χ0) is 27.9. The normalized spacial score (nSPS) is 40.1. The zero-order valence-electron chi connectivity index (χ0n) is 25.4. The van der Waals surface area contributed by atoms with Crippen LogP contribution in [-0.4, -0.2) is 30.6 Å². The summed E-state index contributed by atoms with van der Waals surface area (Å²) in [6.45, 7) is 3.76. The predicted octanol–water partition coefficient (Wildman–Crippen LogP) is 5.41. The Labute approximate surface area is 201 Å². The molecule has 0 unspecified atom stereocenters. The first-order chi connectivity index (χ1) is 17.7. The minimum Gasteiger partial charge on any atom is -0.378 e. The van der Waals surface area contributed by atoms with Crippen molar-refractivity contribution in [3.63, 3.8) is 0 Å². The minimum atomic E-state index is -2.04. The quantitative estimate of drug-likeness (QED) is 0.632. The van der Waals surface area contributed by atoms with E-state index in [0.29, 0.717) is 19.3 Å². The first-order valence-electron chi connectivity index (χ1n) is 14.6. The Kier molecular flexibility index (Phi) is 3.70. The molecule has 168 valence electrons. The van der Waals surface area contributed by atoms with Gasteiger partial charge in [0.1, 0.15) is 5.60 Å². The second kappa shape index (κ2) is 7.63. The van der Waals surface area contributed by atoms with Gasteiger partial charge in [-0.25, -0.2) is 0 Å². The van der Waals surface area contributed by atoms with Crippen molar-refractivity contribution in [3.8, 4) is 11.8 Å². The summed E-state index contributed by atoms with van der Waals surface area (Å²) in [4.78, 5) is 14.1. The molecule has 0 heterocycles. The summed E-state index contributed by atoms with van der Waals surface area (Å²) in [7, 11) is 3.39. The van der Waals surface area contributed by atoms with E-state index in [9.17, 15) is 9.90 Å². The number of anilines is 1. The standard InChI is InChI=1S/C29H35NO2/c1-5-15-29(32)16-14-26-24-12-8-20-17-22(31)11-13-23(20)27(24)25(18-28(26,29)2)19-6-9-21(10-7-19)30(3)4/h6-7,9-10,17,24-26,32H,8,11-14,16,18H2,1-4H3/t24-,25+,26-,28-,29-/m0/s1/i6D,7D,9D,10D,11D2. The molecule has 1 aromatic carbocycles. The van der Waals surface area contributed by atoms with Crippen molar-refractivity contribution in [1.82, 2.24) is 0 Å². The van der Waals surface area contributed by atoms with Gasteiger partial charge in [-0.15, -0.1) is 5.92 Å². The molecule has 0 aromatic heterocycles. The molecule has 4 aliphatic carbocycles. The van der Waals surface area contributed by atoms with Crippen molar-refractivity contribution < 1.29 is 18.1 Å². The molecular weight excluding hydrogens is 394 g/mol. The van der Waals surface area contributed by atoms with Gasteiger partial charge in [0, 0.05) is 40.2 Å². The highest BCUT2D eigenvalue weighted by Crippen LogP contribution is 2.66. The van der Waals surface area contributed by atoms with Crippen LogP contribution < -0.4 is 4.90 Å². The van der Waals surface area contributed by atoms with Gasteiger partial charge in [0.25, 0.3) is 0 Å². The maximum Gasteiger partial charge on any atom is 0.156 e. The molecule has 0 aliphatic heterocycles. The highest BCUT2D eigenvalue weighted by molar-refractivity contribution is 5.93. The lowest BCUT2D eigenvalue weighted by Crippen LogP contribution is -2.51. The summed E-state index contributed by atoms with van der Waals surface area (Å²) in [6.07, 6.45) is 2.35. The number of aliphatic hydroxyl groups is 1. The first kappa shape index (κ1) is 15.5. The van der Waals surface area contributed by atoms with E-state index >= 15 is 0 Å². The van der Waals surface area contributed by atoms with Crippen LogP contribution in [0, 0.1) is 29.1 Å². The molecule has 4 aliphatic rings. The molecule has 0 bridgehead atoms. The Morgan fingerprint density at radius 2 is 1.97 bits per heavy atom. The van der Waals surface area contributed by atoms with Crippen molar-refractivity contribution in [3.05, 3.63) is 52.5 Å². The van der Waals surface area contributed by atoms with Crippen LogP contribution in [0.25, 0.3) is 0 Å². The van der Waals surface area contributed by atoms with Crippen molar-refractivity contribution in [2.24, 2.45) is 17.3 Å². The van der Waals surface area contributed by atoms with Crippen molar-refractivity contribution in [1.29, 1.82) is 0 Å². The van der Waals surface area contributed by atoms with E-state index in [1.807, 2.05) is 6.92 Å². The fourth-order valence-electron chi connectivity index (χ4n) is 6.83. The lowest BCUT2D eigenvalue weighted by atomic mass is 9.51. The third-order valence-corrected chi connectivity index (χ3v) is 8.43. The molecule has 0 amide bonds. The van der Waals surface area contributed by atoms with Crippen molar-refractivity contribution >= 4 is 11.5 Å². The van der Waals surface area contributed by atoms with E-state index in [2.05, 4.69) is 11.8 Å². The Morgan fingerprint density at radius 1 is 1.22 bits per heavy atom. The lowest BCUT2D eigenvalue weighted by molar-refractivity contribution is -0.114. The number of fused-ring (bicyclic) bond motifs is 4. The van der Waals surface area contributed by atoms with E-state index in [1.165, 1.54) is 6.08 Å². The van der Waals surface area contributed by atoms with Crippen molar-refractivity contribution in [2.75, 3.05) is 19.0 Å². The van der Waals surface area contributed by atoms with Crippen LogP contribution in [0.15, 0.2) is 47.0 Å². The minimum absolute atomic E-state index is 0.0294. The van der Waals surface area contributed by atoms with Gasteiger partial charge >= 0.3 is 0 Å². The maximum absolute atomic E-state index is 12.5. The molecular formula is C29H35NO2. The molecule has 0 saturated heterocycles. The average molecular weight is 436 g/mol. The second-order valence-electron chi connectivity index (χ2n) is 10.2. The highest BCUT2D eigenvalue weighted by Gasteiger charge is 2.62. The van der Waals surface area contributed by atoms with E-state index in [4.69, 9.17) is 8.22 Å². The molecule has 3 nitrogen and oxygen atoms in total. The van der Waals surface area contributed by atoms with Crippen LogP contribution in [0.5, 0.6) is 0 Å². The summed E-state index contributed by atoms with van der Waals surface area (Å²) in [5, 5.41) is 11.8. The van der Waals surface area contributed by atoms with Gasteiger partial charge in [-0.1, -0.05) is 30.5 Å². The number of benzene rings is 1. The summed E-state index contributed by atoms with van der Waals surface area (Å²) in [5.41, 5.74) is 1.17. The summed E-state index contributed by atoms with van der Waals surface area (Å²) in [6, 6.07) is -0.446. The van der Waals surface area contributed by atoms with Gasteiger partial charge in [-0.2, -0.15) is 0 Å². The Hall–Kier alpha value is -2.31. The largest absolute Gasteiger partial charge is 0.378 e. The lowest BCUT2D eigenvalue weighted by Gasteiger charge is -2.53. The maximum atomic E-state index is 12.5. The molecule has 5 atom stereocenters. The van der Waals surface area contributed by atoms with E-state index in [-0.39, 0.29) is 53.7 Å². The van der Waals surface area contributed by atoms with Gasteiger partial charge in [0.15, 0.2) is 5.78 Å². The number of hydrogen-bond donors (Lipinski definition) is 1. The third-order valence-electron chi connectivity index (χ3n) is 8.43. The van der Waals surface area contributed by atoms with E-state index in [0.717, 1.165) is 29.6 Å². The van der Waals surface area contributed by atoms with Crippen LogP contribution in [0.1, 0.15) is 78.5 Å².